The van der Waals surface area contributed by atoms with Gasteiger partial charge in [0.05, 0.1) is 6.04 Å². The predicted molar refractivity (Wildman–Crippen MR) is 78.0 cm³/mol. The van der Waals surface area contributed by atoms with Crippen LogP contribution in [0.1, 0.15) is 49.6 Å². The summed E-state index contributed by atoms with van der Waals surface area (Å²) in [6.45, 7) is 2.05. The third-order valence-electron chi connectivity index (χ3n) is 4.27. The molecule has 1 heterocycles. The van der Waals surface area contributed by atoms with E-state index in [-0.39, 0.29) is 6.04 Å². The van der Waals surface area contributed by atoms with E-state index in [2.05, 4.69) is 10.1 Å². The molecule has 0 amide bonds. The summed E-state index contributed by atoms with van der Waals surface area (Å²) in [7, 11) is 0. The van der Waals surface area contributed by atoms with Crippen LogP contribution in [0.5, 0.6) is 0 Å². The fourth-order valence-corrected chi connectivity index (χ4v) is 3.00. The zero-order valence-corrected chi connectivity index (χ0v) is 11.9. The van der Waals surface area contributed by atoms with E-state index < -0.39 is 0 Å². The van der Waals surface area contributed by atoms with Crippen molar-refractivity contribution in [3.05, 3.63) is 35.7 Å². The SMILES string of the molecule is Cc1ccccc1-c1noc(C(N)C2CCCCC2)n1. The largest absolute Gasteiger partial charge is 0.337 e. The van der Waals surface area contributed by atoms with Crippen molar-refractivity contribution in [2.45, 2.75) is 45.1 Å². The van der Waals surface area contributed by atoms with Crippen LogP contribution in [0.25, 0.3) is 11.4 Å². The van der Waals surface area contributed by atoms with Crippen molar-refractivity contribution in [2.75, 3.05) is 0 Å². The van der Waals surface area contributed by atoms with Gasteiger partial charge in [-0.05, 0) is 31.2 Å². The highest BCUT2D eigenvalue weighted by Crippen LogP contribution is 2.33. The lowest BCUT2D eigenvalue weighted by molar-refractivity contribution is 0.255. The minimum atomic E-state index is -0.124. The zero-order chi connectivity index (χ0) is 13.9. The van der Waals surface area contributed by atoms with Gasteiger partial charge in [-0.25, -0.2) is 0 Å². The average Bonchev–Trinajstić information content (AvgIpc) is 2.97. The molecule has 0 saturated heterocycles. The first-order valence-corrected chi connectivity index (χ1v) is 7.41. The van der Waals surface area contributed by atoms with Gasteiger partial charge in [-0.2, -0.15) is 4.98 Å². The lowest BCUT2D eigenvalue weighted by Crippen LogP contribution is -2.23. The molecular weight excluding hydrogens is 250 g/mol. The number of nitrogens with two attached hydrogens (primary N) is 1. The number of nitrogens with zero attached hydrogens (tertiary/aromatic N) is 2. The molecule has 2 aromatic rings. The van der Waals surface area contributed by atoms with Crippen molar-refractivity contribution >= 4 is 0 Å². The topological polar surface area (TPSA) is 64.9 Å². The van der Waals surface area contributed by atoms with Gasteiger partial charge in [-0.3, -0.25) is 0 Å². The Morgan fingerprint density at radius 3 is 2.70 bits per heavy atom. The van der Waals surface area contributed by atoms with Gasteiger partial charge in [-0.1, -0.05) is 48.7 Å². The normalized spacial score (nSPS) is 18.1. The molecule has 20 heavy (non-hydrogen) atoms. The fourth-order valence-electron chi connectivity index (χ4n) is 3.00. The second kappa shape index (κ2) is 5.75. The van der Waals surface area contributed by atoms with Gasteiger partial charge in [0.1, 0.15) is 0 Å². The molecule has 4 nitrogen and oxygen atoms in total. The minimum Gasteiger partial charge on any atom is -0.337 e. The van der Waals surface area contributed by atoms with E-state index in [9.17, 15) is 0 Å². The highest BCUT2D eigenvalue weighted by atomic mass is 16.5. The van der Waals surface area contributed by atoms with Crippen molar-refractivity contribution < 1.29 is 4.52 Å². The molecular formula is C16H21N3O. The Morgan fingerprint density at radius 1 is 1.20 bits per heavy atom. The maximum Gasteiger partial charge on any atom is 0.244 e. The summed E-state index contributed by atoms with van der Waals surface area (Å²) in [5.74, 6) is 1.70. The second-order valence-electron chi connectivity index (χ2n) is 5.70. The molecule has 4 heteroatoms. The Morgan fingerprint density at radius 2 is 1.95 bits per heavy atom. The monoisotopic (exact) mass is 271 g/mol. The van der Waals surface area contributed by atoms with E-state index in [1.807, 2.05) is 31.2 Å². The Bertz CT molecular complexity index is 573. The van der Waals surface area contributed by atoms with Crippen LogP contribution in [-0.2, 0) is 0 Å². The lowest BCUT2D eigenvalue weighted by Gasteiger charge is -2.24. The molecule has 0 aliphatic heterocycles. The van der Waals surface area contributed by atoms with Crippen LogP contribution in [0.2, 0.25) is 0 Å². The quantitative estimate of drug-likeness (QED) is 0.925. The fraction of sp³-hybridized carbons (Fsp3) is 0.500. The molecule has 106 valence electrons. The summed E-state index contributed by atoms with van der Waals surface area (Å²) in [5.41, 5.74) is 8.46. The van der Waals surface area contributed by atoms with Crippen LogP contribution in [-0.4, -0.2) is 10.1 Å². The zero-order valence-electron chi connectivity index (χ0n) is 11.9. The van der Waals surface area contributed by atoms with Crippen molar-refractivity contribution in [2.24, 2.45) is 11.7 Å². The predicted octanol–water partition coefficient (Wildman–Crippen LogP) is 3.63. The summed E-state index contributed by atoms with van der Waals surface area (Å²) in [6.07, 6.45) is 6.18. The maximum atomic E-state index is 6.30. The van der Waals surface area contributed by atoms with Crippen molar-refractivity contribution in [1.82, 2.24) is 10.1 Å². The Kier molecular flexibility index (Phi) is 3.83. The van der Waals surface area contributed by atoms with Crippen molar-refractivity contribution in [1.29, 1.82) is 0 Å². The first-order chi connectivity index (χ1) is 9.75. The Hall–Kier alpha value is -1.68. The van der Waals surface area contributed by atoms with E-state index in [0.717, 1.165) is 11.1 Å². The summed E-state index contributed by atoms with van der Waals surface area (Å²) in [4.78, 5) is 4.51. The first-order valence-electron chi connectivity index (χ1n) is 7.41. The van der Waals surface area contributed by atoms with E-state index in [4.69, 9.17) is 10.3 Å². The van der Waals surface area contributed by atoms with Crippen LogP contribution >= 0.6 is 0 Å². The van der Waals surface area contributed by atoms with Gasteiger partial charge in [-0.15, -0.1) is 0 Å². The van der Waals surface area contributed by atoms with E-state index in [0.29, 0.717) is 17.6 Å². The molecule has 1 unspecified atom stereocenters. The van der Waals surface area contributed by atoms with Crippen LogP contribution in [0.4, 0.5) is 0 Å². The van der Waals surface area contributed by atoms with Gasteiger partial charge in [0.2, 0.25) is 11.7 Å². The molecule has 1 aromatic carbocycles. The van der Waals surface area contributed by atoms with Crippen LogP contribution in [0.3, 0.4) is 0 Å². The lowest BCUT2D eigenvalue weighted by atomic mass is 9.84. The number of aromatic nitrogens is 2. The molecule has 1 aliphatic rings. The van der Waals surface area contributed by atoms with E-state index in [1.54, 1.807) is 0 Å². The first kappa shape index (κ1) is 13.3. The molecule has 2 N–H and O–H groups in total. The number of benzene rings is 1. The smallest absolute Gasteiger partial charge is 0.244 e. The third-order valence-corrected chi connectivity index (χ3v) is 4.27. The standard InChI is InChI=1S/C16H21N3O/c1-11-7-5-6-10-13(11)15-18-16(20-19-15)14(17)12-8-3-2-4-9-12/h5-7,10,12,14H,2-4,8-9,17H2,1H3. The highest BCUT2D eigenvalue weighted by Gasteiger charge is 2.26. The average molecular weight is 271 g/mol. The third kappa shape index (κ3) is 2.61. The van der Waals surface area contributed by atoms with Crippen molar-refractivity contribution in [3.8, 4) is 11.4 Å². The second-order valence-corrected chi connectivity index (χ2v) is 5.70. The molecule has 1 fully saturated rings. The molecule has 1 saturated carbocycles. The van der Waals surface area contributed by atoms with Crippen molar-refractivity contribution in [3.63, 3.8) is 0 Å². The van der Waals surface area contributed by atoms with Crippen LogP contribution in [0, 0.1) is 12.8 Å². The summed E-state index contributed by atoms with van der Waals surface area (Å²) in [6, 6.07) is 7.93. The number of aryl methyl sites for hydroxylation is 1. The number of hydrogen-bond acceptors (Lipinski definition) is 4. The summed E-state index contributed by atoms with van der Waals surface area (Å²) in [5, 5.41) is 4.10. The molecule has 0 spiro atoms. The van der Waals surface area contributed by atoms with Crippen LogP contribution < -0.4 is 5.73 Å². The van der Waals surface area contributed by atoms with Crippen LogP contribution in [0.15, 0.2) is 28.8 Å². The van der Waals surface area contributed by atoms with Gasteiger partial charge < -0.3 is 10.3 Å². The molecule has 3 rings (SSSR count). The van der Waals surface area contributed by atoms with Gasteiger partial charge in [0, 0.05) is 5.56 Å². The van der Waals surface area contributed by atoms with Gasteiger partial charge >= 0.3 is 0 Å². The van der Waals surface area contributed by atoms with E-state index in [1.165, 1.54) is 32.1 Å². The maximum absolute atomic E-state index is 6.30. The minimum absolute atomic E-state index is 0.124. The molecule has 0 radical (unpaired) electrons. The summed E-state index contributed by atoms with van der Waals surface area (Å²) >= 11 is 0. The summed E-state index contributed by atoms with van der Waals surface area (Å²) < 4.78 is 5.40. The molecule has 1 aromatic heterocycles. The van der Waals surface area contributed by atoms with E-state index >= 15 is 0 Å². The molecule has 1 aliphatic carbocycles. The van der Waals surface area contributed by atoms with Gasteiger partial charge in [0.15, 0.2) is 0 Å². The Labute approximate surface area is 119 Å². The Balaban J connectivity index is 1.81. The number of rotatable bonds is 3. The highest BCUT2D eigenvalue weighted by molar-refractivity contribution is 5.58. The molecule has 1 atom stereocenters. The number of hydrogen-bond donors (Lipinski definition) is 1. The van der Waals surface area contributed by atoms with Gasteiger partial charge in [0.25, 0.3) is 0 Å². The molecule has 0 bridgehead atoms.